The van der Waals surface area contributed by atoms with Crippen molar-refractivity contribution in [3.63, 3.8) is 0 Å². The largest absolute Gasteiger partial charge is 0.371 e. The number of likely N-dealkylation sites (tertiary alicyclic amines) is 1. The lowest BCUT2D eigenvalue weighted by Gasteiger charge is -2.31. The van der Waals surface area contributed by atoms with Gasteiger partial charge in [0.05, 0.1) is 16.3 Å². The molecular formula is C17H24FN3O3S. The number of nitrogens with zero attached hydrogens (tertiary/aromatic N) is 1. The molecule has 0 saturated carbocycles. The molecule has 6 nitrogen and oxygen atoms in total. The molecule has 0 spiro atoms. The van der Waals surface area contributed by atoms with Gasteiger partial charge in [0.2, 0.25) is 5.91 Å². The second-order valence-electron chi connectivity index (χ2n) is 6.54. The van der Waals surface area contributed by atoms with E-state index in [0.717, 1.165) is 32.0 Å². The van der Waals surface area contributed by atoms with Crippen LogP contribution in [-0.4, -0.2) is 56.7 Å². The summed E-state index contributed by atoms with van der Waals surface area (Å²) in [5, 5.41) is 6.23. The Morgan fingerprint density at radius 3 is 2.64 bits per heavy atom. The van der Waals surface area contributed by atoms with Crippen LogP contribution in [0.2, 0.25) is 0 Å². The minimum Gasteiger partial charge on any atom is -0.371 e. The van der Waals surface area contributed by atoms with Gasteiger partial charge in [-0.1, -0.05) is 6.92 Å². The van der Waals surface area contributed by atoms with Crippen molar-refractivity contribution in [2.45, 2.75) is 43.2 Å². The molecule has 138 valence electrons. The Balaban J connectivity index is 1.69. The number of hydrogen-bond donors (Lipinski definition) is 2. The van der Waals surface area contributed by atoms with Crippen LogP contribution >= 0.6 is 0 Å². The van der Waals surface area contributed by atoms with Gasteiger partial charge in [0.15, 0.2) is 9.84 Å². The van der Waals surface area contributed by atoms with Gasteiger partial charge in [-0.2, -0.15) is 0 Å². The first-order valence-electron chi connectivity index (χ1n) is 8.72. The van der Waals surface area contributed by atoms with Crippen LogP contribution in [0.5, 0.6) is 0 Å². The van der Waals surface area contributed by atoms with Crippen LogP contribution in [0.25, 0.3) is 0 Å². The molecule has 1 aromatic rings. The molecule has 2 fully saturated rings. The molecular weight excluding hydrogens is 345 g/mol. The van der Waals surface area contributed by atoms with Gasteiger partial charge in [0.1, 0.15) is 11.9 Å². The van der Waals surface area contributed by atoms with Gasteiger partial charge in [0.25, 0.3) is 0 Å². The second-order valence-corrected chi connectivity index (χ2v) is 8.82. The number of anilines is 1. The first-order chi connectivity index (χ1) is 11.9. The second kappa shape index (κ2) is 7.29. The minimum atomic E-state index is -3.45. The summed E-state index contributed by atoms with van der Waals surface area (Å²) >= 11 is 0. The Labute approximate surface area is 147 Å². The Kier molecular flexibility index (Phi) is 5.29. The number of hydrogen-bond acceptors (Lipinski definition) is 5. The third-order valence-electron chi connectivity index (χ3n) is 5.00. The van der Waals surface area contributed by atoms with E-state index in [-0.39, 0.29) is 28.3 Å². The van der Waals surface area contributed by atoms with Crippen molar-refractivity contribution in [1.29, 1.82) is 0 Å². The molecule has 2 aliphatic rings. The highest BCUT2D eigenvalue weighted by atomic mass is 32.2. The predicted molar refractivity (Wildman–Crippen MR) is 93.8 cm³/mol. The zero-order chi connectivity index (χ0) is 18.0. The quantitative estimate of drug-likeness (QED) is 0.820. The molecule has 0 radical (unpaired) electrons. The zero-order valence-corrected chi connectivity index (χ0v) is 15.1. The van der Waals surface area contributed by atoms with Gasteiger partial charge < -0.3 is 15.5 Å². The first-order valence-corrected chi connectivity index (χ1v) is 10.4. The molecule has 3 rings (SSSR count). The maximum absolute atomic E-state index is 14.3. The average Bonchev–Trinajstić information content (AvgIpc) is 2.98. The van der Waals surface area contributed by atoms with Crippen LogP contribution in [0.15, 0.2) is 23.1 Å². The number of nitrogens with one attached hydrogen (secondary N) is 2. The topological polar surface area (TPSA) is 78.5 Å². The summed E-state index contributed by atoms with van der Waals surface area (Å²) in [5.74, 6) is -0.731. The van der Waals surface area contributed by atoms with E-state index in [4.69, 9.17) is 0 Å². The van der Waals surface area contributed by atoms with Crippen molar-refractivity contribution >= 4 is 21.4 Å². The number of carbonyl (C=O) groups excluding carboxylic acids is 1. The van der Waals surface area contributed by atoms with Crippen molar-refractivity contribution in [1.82, 2.24) is 10.2 Å². The molecule has 2 aliphatic heterocycles. The monoisotopic (exact) mass is 369 g/mol. The summed E-state index contributed by atoms with van der Waals surface area (Å²) in [6.45, 7) is 4.01. The number of sulfone groups is 1. The standard InChI is InChI=1S/C17H24FN3O3S/c1-2-25(23,24)13-3-4-15(14(18)11-13)20-16-7-10-21(17(16)22)12-5-8-19-9-6-12/h3-4,11-12,16,19-20H,2,5-10H2,1H3. The van der Waals surface area contributed by atoms with Crippen LogP contribution in [0.1, 0.15) is 26.2 Å². The maximum Gasteiger partial charge on any atom is 0.245 e. The van der Waals surface area contributed by atoms with E-state index in [0.29, 0.717) is 13.0 Å². The summed E-state index contributed by atoms with van der Waals surface area (Å²) in [7, 11) is -3.45. The molecule has 1 amide bonds. The fraction of sp³-hybridized carbons (Fsp3) is 0.588. The highest BCUT2D eigenvalue weighted by Gasteiger charge is 2.36. The van der Waals surface area contributed by atoms with Crippen LogP contribution in [0.3, 0.4) is 0 Å². The fourth-order valence-corrected chi connectivity index (χ4v) is 4.37. The number of piperidine rings is 1. The van der Waals surface area contributed by atoms with Crippen molar-refractivity contribution in [2.24, 2.45) is 0 Å². The Morgan fingerprint density at radius 2 is 2.00 bits per heavy atom. The van der Waals surface area contributed by atoms with Gasteiger partial charge in [-0.25, -0.2) is 12.8 Å². The van der Waals surface area contributed by atoms with E-state index in [1.807, 2.05) is 4.90 Å². The molecule has 2 saturated heterocycles. The highest BCUT2D eigenvalue weighted by molar-refractivity contribution is 7.91. The van der Waals surface area contributed by atoms with Crippen molar-refractivity contribution in [2.75, 3.05) is 30.7 Å². The lowest BCUT2D eigenvalue weighted by molar-refractivity contribution is -0.130. The fourth-order valence-electron chi connectivity index (χ4n) is 3.48. The molecule has 0 aliphatic carbocycles. The lowest BCUT2D eigenvalue weighted by atomic mass is 10.1. The van der Waals surface area contributed by atoms with Gasteiger partial charge in [-0.15, -0.1) is 0 Å². The smallest absolute Gasteiger partial charge is 0.245 e. The molecule has 2 N–H and O–H groups in total. The normalized spacial score (nSPS) is 22.4. The summed E-state index contributed by atoms with van der Waals surface area (Å²) in [5.41, 5.74) is 0.167. The van der Waals surface area contributed by atoms with Crippen LogP contribution in [0, 0.1) is 5.82 Å². The van der Waals surface area contributed by atoms with E-state index < -0.39 is 21.7 Å². The van der Waals surface area contributed by atoms with E-state index in [2.05, 4.69) is 10.6 Å². The summed E-state index contributed by atoms with van der Waals surface area (Å²) in [6.07, 6.45) is 2.50. The summed E-state index contributed by atoms with van der Waals surface area (Å²) in [6, 6.07) is 3.60. The number of amides is 1. The first kappa shape index (κ1) is 18.1. The lowest BCUT2D eigenvalue weighted by Crippen LogP contribution is -2.45. The van der Waals surface area contributed by atoms with Gasteiger partial charge >= 0.3 is 0 Å². The van der Waals surface area contributed by atoms with Crippen LogP contribution in [0.4, 0.5) is 10.1 Å². The summed E-state index contributed by atoms with van der Waals surface area (Å²) < 4.78 is 37.9. The predicted octanol–water partition coefficient (Wildman–Crippen LogP) is 1.38. The Bertz CT molecular complexity index is 748. The minimum absolute atomic E-state index is 0.00319. The maximum atomic E-state index is 14.3. The molecule has 0 bridgehead atoms. The van der Waals surface area contributed by atoms with E-state index in [9.17, 15) is 17.6 Å². The van der Waals surface area contributed by atoms with E-state index >= 15 is 0 Å². The molecule has 1 atom stereocenters. The summed E-state index contributed by atoms with van der Waals surface area (Å²) in [4.78, 5) is 14.5. The molecule has 0 aromatic heterocycles. The van der Waals surface area contributed by atoms with E-state index in [1.165, 1.54) is 19.1 Å². The number of carbonyl (C=O) groups is 1. The Hall–Kier alpha value is -1.67. The Morgan fingerprint density at radius 1 is 1.28 bits per heavy atom. The molecule has 1 aromatic carbocycles. The molecule has 8 heteroatoms. The average molecular weight is 369 g/mol. The van der Waals surface area contributed by atoms with E-state index in [1.54, 1.807) is 0 Å². The van der Waals surface area contributed by atoms with Gasteiger partial charge in [-0.3, -0.25) is 4.79 Å². The number of rotatable bonds is 5. The molecule has 25 heavy (non-hydrogen) atoms. The van der Waals surface area contributed by atoms with Crippen molar-refractivity contribution < 1.29 is 17.6 Å². The van der Waals surface area contributed by atoms with Gasteiger partial charge in [-0.05, 0) is 50.6 Å². The number of benzene rings is 1. The third-order valence-corrected chi connectivity index (χ3v) is 6.73. The third kappa shape index (κ3) is 3.79. The van der Waals surface area contributed by atoms with Crippen LogP contribution in [-0.2, 0) is 14.6 Å². The zero-order valence-electron chi connectivity index (χ0n) is 14.3. The molecule has 2 heterocycles. The van der Waals surface area contributed by atoms with Gasteiger partial charge in [0, 0.05) is 12.6 Å². The SMILES string of the molecule is CCS(=O)(=O)c1ccc(NC2CCN(C3CCNCC3)C2=O)c(F)c1. The van der Waals surface area contributed by atoms with Crippen molar-refractivity contribution in [3.05, 3.63) is 24.0 Å². The highest BCUT2D eigenvalue weighted by Crippen LogP contribution is 2.25. The van der Waals surface area contributed by atoms with Crippen LogP contribution < -0.4 is 10.6 Å². The number of halogens is 1. The van der Waals surface area contributed by atoms with Crippen molar-refractivity contribution in [3.8, 4) is 0 Å². The molecule has 1 unspecified atom stereocenters.